The van der Waals surface area contributed by atoms with Crippen molar-refractivity contribution in [3.63, 3.8) is 0 Å². The van der Waals surface area contributed by atoms with Gasteiger partial charge in [-0.05, 0) is 55.5 Å². The summed E-state index contributed by atoms with van der Waals surface area (Å²) < 4.78 is 10.9. The fraction of sp³-hybridized carbons (Fsp3) is 0.429. The minimum Gasteiger partial charge on any atom is -0.445 e. The van der Waals surface area contributed by atoms with Crippen LogP contribution in [0.4, 0.5) is 10.5 Å². The first kappa shape index (κ1) is 23.4. The number of hydrogen-bond acceptors (Lipinski definition) is 6. The van der Waals surface area contributed by atoms with Crippen LogP contribution in [0.3, 0.4) is 0 Å². The van der Waals surface area contributed by atoms with E-state index in [0.717, 1.165) is 56.3 Å². The summed E-state index contributed by atoms with van der Waals surface area (Å²) in [5.74, 6) is 0.646. The highest BCUT2D eigenvalue weighted by Crippen LogP contribution is 2.26. The molecule has 0 spiro atoms. The van der Waals surface area contributed by atoms with E-state index in [9.17, 15) is 4.79 Å². The predicted octanol–water partition coefficient (Wildman–Crippen LogP) is 5.14. The summed E-state index contributed by atoms with van der Waals surface area (Å²) in [5, 5.41) is 7.02. The zero-order valence-corrected chi connectivity index (χ0v) is 20.1. The van der Waals surface area contributed by atoms with Crippen LogP contribution in [0.1, 0.15) is 44.1 Å². The number of amides is 1. The van der Waals surface area contributed by atoms with Gasteiger partial charge in [0.25, 0.3) is 0 Å². The Kier molecular flexibility index (Phi) is 7.63. The van der Waals surface area contributed by atoms with Gasteiger partial charge in [0.05, 0.1) is 6.20 Å². The third kappa shape index (κ3) is 6.22. The average molecular weight is 475 g/mol. The number of carbonyl (C=O) groups is 1. The Balaban J connectivity index is 1.14. The normalized spacial score (nSPS) is 22.5. The van der Waals surface area contributed by atoms with E-state index in [4.69, 9.17) is 9.15 Å². The van der Waals surface area contributed by atoms with Crippen LogP contribution in [0.15, 0.2) is 71.5 Å². The quantitative estimate of drug-likeness (QED) is 0.494. The van der Waals surface area contributed by atoms with Crippen molar-refractivity contribution in [3.05, 3.63) is 72.6 Å². The smallest absolute Gasteiger partial charge is 0.407 e. The van der Waals surface area contributed by atoms with Crippen LogP contribution in [0.2, 0.25) is 0 Å². The molecule has 1 aromatic heterocycles. The molecule has 3 atom stereocenters. The van der Waals surface area contributed by atoms with Gasteiger partial charge in [0.2, 0.25) is 5.89 Å². The molecule has 7 heteroatoms. The summed E-state index contributed by atoms with van der Waals surface area (Å²) in [6, 6.07) is 19.0. The van der Waals surface area contributed by atoms with Crippen molar-refractivity contribution in [1.82, 2.24) is 15.6 Å². The van der Waals surface area contributed by atoms with Crippen LogP contribution in [-0.4, -0.2) is 42.3 Å². The summed E-state index contributed by atoms with van der Waals surface area (Å²) in [5.41, 5.74) is 3.20. The Bertz CT molecular complexity index is 1060. The zero-order chi connectivity index (χ0) is 23.9. The lowest BCUT2D eigenvalue weighted by Crippen LogP contribution is -2.57. The van der Waals surface area contributed by atoms with Gasteiger partial charge in [-0.3, -0.25) is 0 Å². The molecule has 7 nitrogen and oxygen atoms in total. The largest absolute Gasteiger partial charge is 0.445 e. The summed E-state index contributed by atoms with van der Waals surface area (Å²) >= 11 is 0. The number of hydrogen-bond donors (Lipinski definition) is 2. The van der Waals surface area contributed by atoms with Gasteiger partial charge >= 0.3 is 6.09 Å². The fourth-order valence-electron chi connectivity index (χ4n) is 5.25. The monoisotopic (exact) mass is 474 g/mol. The molecule has 1 saturated heterocycles. The van der Waals surface area contributed by atoms with Gasteiger partial charge in [0, 0.05) is 42.5 Å². The van der Waals surface area contributed by atoms with Gasteiger partial charge in [-0.1, -0.05) is 43.2 Å². The number of aromatic nitrogens is 1. The van der Waals surface area contributed by atoms with E-state index in [1.165, 1.54) is 12.1 Å². The van der Waals surface area contributed by atoms with E-state index in [-0.39, 0.29) is 18.2 Å². The number of alkyl carbamates (subject to hydrolysis) is 1. The molecule has 1 aliphatic carbocycles. The topological polar surface area (TPSA) is 79.6 Å². The van der Waals surface area contributed by atoms with E-state index in [1.807, 2.05) is 30.3 Å². The van der Waals surface area contributed by atoms with Crippen LogP contribution in [0, 0.1) is 0 Å². The summed E-state index contributed by atoms with van der Waals surface area (Å²) in [7, 11) is 0. The second-order valence-electron chi connectivity index (χ2n) is 9.54. The van der Waals surface area contributed by atoms with Crippen molar-refractivity contribution in [1.29, 1.82) is 0 Å². The molecule has 184 valence electrons. The van der Waals surface area contributed by atoms with Crippen molar-refractivity contribution in [2.45, 2.75) is 63.3 Å². The highest BCUT2D eigenvalue weighted by molar-refractivity contribution is 5.67. The fourth-order valence-corrected chi connectivity index (χ4v) is 5.25. The first-order chi connectivity index (χ1) is 17.2. The Morgan fingerprint density at radius 3 is 2.57 bits per heavy atom. The molecule has 35 heavy (non-hydrogen) atoms. The molecule has 5 rings (SSSR count). The number of rotatable bonds is 7. The van der Waals surface area contributed by atoms with Crippen molar-refractivity contribution >= 4 is 11.8 Å². The third-order valence-electron chi connectivity index (χ3n) is 7.06. The molecule has 2 N–H and O–H groups in total. The lowest BCUT2D eigenvalue weighted by atomic mass is 9.89. The predicted molar refractivity (Wildman–Crippen MR) is 136 cm³/mol. The van der Waals surface area contributed by atoms with E-state index in [2.05, 4.69) is 44.8 Å². The minimum atomic E-state index is -0.330. The van der Waals surface area contributed by atoms with E-state index in [1.54, 1.807) is 12.5 Å². The third-order valence-corrected chi connectivity index (χ3v) is 7.06. The first-order valence-corrected chi connectivity index (χ1v) is 12.7. The second-order valence-corrected chi connectivity index (χ2v) is 9.54. The maximum Gasteiger partial charge on any atom is 0.407 e. The Morgan fingerprint density at radius 1 is 1.00 bits per heavy atom. The molecule has 0 unspecified atom stereocenters. The number of ether oxygens (including phenoxy) is 1. The van der Waals surface area contributed by atoms with Crippen molar-refractivity contribution in [2.24, 2.45) is 0 Å². The van der Waals surface area contributed by atoms with E-state index < -0.39 is 0 Å². The van der Waals surface area contributed by atoms with Crippen molar-refractivity contribution in [2.75, 3.05) is 18.0 Å². The van der Waals surface area contributed by atoms with Crippen LogP contribution in [0.5, 0.6) is 0 Å². The maximum absolute atomic E-state index is 12.5. The van der Waals surface area contributed by atoms with Gasteiger partial charge in [0.15, 0.2) is 0 Å². The maximum atomic E-state index is 12.5. The van der Waals surface area contributed by atoms with E-state index in [0.29, 0.717) is 18.5 Å². The minimum absolute atomic E-state index is 0.0995. The Hall–Kier alpha value is -3.32. The summed E-state index contributed by atoms with van der Waals surface area (Å²) in [4.78, 5) is 19.2. The lowest BCUT2D eigenvalue weighted by Gasteiger charge is -2.40. The Labute approximate surface area is 206 Å². The molecule has 0 bridgehead atoms. The van der Waals surface area contributed by atoms with Crippen molar-refractivity contribution in [3.8, 4) is 11.5 Å². The van der Waals surface area contributed by atoms with Gasteiger partial charge in [-0.2, -0.15) is 0 Å². The molecule has 1 amide bonds. The van der Waals surface area contributed by atoms with Gasteiger partial charge in [0.1, 0.15) is 12.9 Å². The molecular formula is C28H34N4O3. The SMILES string of the molecule is O=C(N[C@@H]1CCCC[C@H]1N[C@H]1CCCN(c2ccc(-c3ncco3)cc2)C1)OCc1ccccc1. The lowest BCUT2D eigenvalue weighted by molar-refractivity contribution is 0.128. The summed E-state index contributed by atoms with van der Waals surface area (Å²) in [6.07, 6.45) is 9.60. The molecule has 2 aromatic carbocycles. The van der Waals surface area contributed by atoms with Crippen LogP contribution < -0.4 is 15.5 Å². The average Bonchev–Trinajstić information content (AvgIpc) is 3.45. The molecule has 2 heterocycles. The van der Waals surface area contributed by atoms with Crippen LogP contribution in [-0.2, 0) is 11.3 Å². The number of nitrogens with one attached hydrogen (secondary N) is 2. The van der Waals surface area contributed by atoms with E-state index >= 15 is 0 Å². The molecule has 3 aromatic rings. The highest BCUT2D eigenvalue weighted by atomic mass is 16.5. The van der Waals surface area contributed by atoms with Crippen LogP contribution >= 0.6 is 0 Å². The molecule has 0 radical (unpaired) electrons. The molecule has 2 aliphatic rings. The first-order valence-electron chi connectivity index (χ1n) is 12.7. The number of benzene rings is 2. The number of carbonyl (C=O) groups excluding carboxylic acids is 1. The molecule has 1 aliphatic heterocycles. The highest BCUT2D eigenvalue weighted by Gasteiger charge is 2.30. The molecular weight excluding hydrogens is 440 g/mol. The zero-order valence-electron chi connectivity index (χ0n) is 20.1. The van der Waals surface area contributed by atoms with Crippen LogP contribution in [0.25, 0.3) is 11.5 Å². The molecule has 1 saturated carbocycles. The van der Waals surface area contributed by atoms with Gasteiger partial charge in [-0.15, -0.1) is 0 Å². The summed E-state index contributed by atoms with van der Waals surface area (Å²) in [6.45, 7) is 2.30. The Morgan fingerprint density at radius 2 is 1.80 bits per heavy atom. The van der Waals surface area contributed by atoms with Gasteiger partial charge in [-0.25, -0.2) is 9.78 Å². The second kappa shape index (κ2) is 11.4. The number of piperidine rings is 1. The van der Waals surface area contributed by atoms with Crippen molar-refractivity contribution < 1.29 is 13.9 Å². The number of oxazole rings is 1. The number of nitrogens with zero attached hydrogens (tertiary/aromatic N) is 2. The van der Waals surface area contributed by atoms with Gasteiger partial charge < -0.3 is 24.7 Å². The standard InChI is InChI=1S/C28H34N4O3/c33-28(35-20-21-7-2-1-3-8-21)31-26-11-5-4-10-25(26)30-23-9-6-17-32(19-23)24-14-12-22(13-15-24)27-29-16-18-34-27/h1-3,7-8,12-16,18,23,25-26,30H,4-6,9-11,17,19-20H2,(H,31,33)/t23-,25+,26+/m0/s1. The number of anilines is 1. The molecule has 2 fully saturated rings.